The zero-order valence-corrected chi connectivity index (χ0v) is 12.8. The molecule has 0 amide bonds. The van der Waals surface area contributed by atoms with Crippen LogP contribution in [-0.2, 0) is 9.53 Å². The number of phenolic OH excluding ortho intramolecular Hbond substituents is 1. The van der Waals surface area contributed by atoms with Gasteiger partial charge in [0, 0.05) is 16.3 Å². The first-order valence-electron chi connectivity index (χ1n) is 6.03. The lowest BCUT2D eigenvalue weighted by Crippen LogP contribution is -2.22. The molecule has 0 aromatic heterocycles. The highest BCUT2D eigenvalue weighted by Gasteiger charge is 2.18. The molecule has 0 aliphatic rings. The molecule has 0 spiro atoms. The number of carbonyl (C=O) groups is 1. The van der Waals surface area contributed by atoms with E-state index in [1.165, 1.54) is 13.3 Å². The van der Waals surface area contributed by atoms with Gasteiger partial charge >= 0.3 is 5.97 Å². The van der Waals surface area contributed by atoms with Gasteiger partial charge in [0.25, 0.3) is 0 Å². The van der Waals surface area contributed by atoms with E-state index in [1.54, 1.807) is 18.2 Å². The van der Waals surface area contributed by atoms with Crippen LogP contribution < -0.4 is 0 Å². The third-order valence-corrected chi connectivity index (χ3v) is 3.04. The van der Waals surface area contributed by atoms with E-state index < -0.39 is 6.04 Å². The van der Waals surface area contributed by atoms with Gasteiger partial charge in [-0.2, -0.15) is 0 Å². The molecule has 104 valence electrons. The summed E-state index contributed by atoms with van der Waals surface area (Å²) in [4.78, 5) is 15.8. The molecule has 0 heterocycles. The summed E-state index contributed by atoms with van der Waals surface area (Å²) in [7, 11) is 1.35. The molecule has 0 unspecified atom stereocenters. The number of carbonyl (C=O) groups excluding carboxylic acids is 1. The van der Waals surface area contributed by atoms with Gasteiger partial charge in [0.15, 0.2) is 0 Å². The molecule has 19 heavy (non-hydrogen) atoms. The van der Waals surface area contributed by atoms with Crippen LogP contribution in [0.2, 0.25) is 0 Å². The number of aromatic hydroxyl groups is 1. The number of hydrogen-bond acceptors (Lipinski definition) is 4. The SMILES string of the molecule is COC(=O)[C@@H](CC(C)C)N=Cc1cc(Br)ccc1O. The van der Waals surface area contributed by atoms with Gasteiger partial charge in [-0.3, -0.25) is 4.99 Å². The van der Waals surface area contributed by atoms with Gasteiger partial charge in [-0.15, -0.1) is 0 Å². The van der Waals surface area contributed by atoms with Gasteiger partial charge in [-0.05, 0) is 30.5 Å². The smallest absolute Gasteiger partial charge is 0.330 e. The minimum atomic E-state index is -0.539. The van der Waals surface area contributed by atoms with Gasteiger partial charge in [-0.25, -0.2) is 4.79 Å². The van der Waals surface area contributed by atoms with Crippen LogP contribution in [0.25, 0.3) is 0 Å². The van der Waals surface area contributed by atoms with E-state index >= 15 is 0 Å². The molecule has 4 nitrogen and oxygen atoms in total. The van der Waals surface area contributed by atoms with Crippen molar-refractivity contribution in [3.63, 3.8) is 0 Å². The van der Waals surface area contributed by atoms with Crippen LogP contribution in [-0.4, -0.2) is 30.4 Å². The van der Waals surface area contributed by atoms with Crippen LogP contribution in [0.3, 0.4) is 0 Å². The minimum absolute atomic E-state index is 0.125. The summed E-state index contributed by atoms with van der Waals surface area (Å²) in [6.07, 6.45) is 2.11. The summed E-state index contributed by atoms with van der Waals surface area (Å²) >= 11 is 3.32. The summed E-state index contributed by atoms with van der Waals surface area (Å²) in [5.74, 6) is 0.0944. The third kappa shape index (κ3) is 5.03. The predicted octanol–water partition coefficient (Wildman–Crippen LogP) is 3.16. The van der Waals surface area contributed by atoms with E-state index in [-0.39, 0.29) is 11.7 Å². The van der Waals surface area contributed by atoms with E-state index in [1.807, 2.05) is 13.8 Å². The summed E-state index contributed by atoms with van der Waals surface area (Å²) in [6, 6.07) is 4.51. The molecule has 0 bridgehead atoms. The number of nitrogens with zero attached hydrogens (tertiary/aromatic N) is 1. The number of hydrogen-bond donors (Lipinski definition) is 1. The highest BCUT2D eigenvalue weighted by molar-refractivity contribution is 9.10. The van der Waals surface area contributed by atoms with Gasteiger partial charge in [-0.1, -0.05) is 29.8 Å². The molecule has 0 aliphatic carbocycles. The molecule has 0 saturated heterocycles. The minimum Gasteiger partial charge on any atom is -0.507 e. The normalized spacial score (nSPS) is 12.9. The quantitative estimate of drug-likeness (QED) is 0.667. The van der Waals surface area contributed by atoms with Crippen molar-refractivity contribution in [3.05, 3.63) is 28.2 Å². The second-order valence-electron chi connectivity index (χ2n) is 4.65. The molecule has 1 aromatic carbocycles. The molecule has 0 fully saturated rings. The van der Waals surface area contributed by atoms with Crippen molar-refractivity contribution in [2.24, 2.45) is 10.9 Å². The Labute approximate surface area is 121 Å². The Hall–Kier alpha value is -1.36. The number of esters is 1. The summed E-state index contributed by atoms with van der Waals surface area (Å²) < 4.78 is 5.57. The van der Waals surface area contributed by atoms with Crippen LogP contribution in [0.1, 0.15) is 25.8 Å². The Kier molecular flexibility index (Phi) is 6.02. The lowest BCUT2D eigenvalue weighted by Gasteiger charge is -2.12. The fourth-order valence-electron chi connectivity index (χ4n) is 1.60. The zero-order valence-electron chi connectivity index (χ0n) is 11.3. The van der Waals surface area contributed by atoms with Crippen LogP contribution in [0, 0.1) is 5.92 Å². The maximum Gasteiger partial charge on any atom is 0.330 e. The molecule has 1 rings (SSSR count). The van der Waals surface area contributed by atoms with Crippen LogP contribution in [0.5, 0.6) is 5.75 Å². The summed E-state index contributed by atoms with van der Waals surface area (Å²) in [5.41, 5.74) is 0.562. The standard InChI is InChI=1S/C14H18BrNO3/c1-9(2)6-12(14(18)19-3)16-8-10-7-11(15)4-5-13(10)17/h4-5,7-9,12,17H,6H2,1-3H3/t12-/m1/s1. The average Bonchev–Trinajstić information content (AvgIpc) is 2.36. The second kappa shape index (κ2) is 7.28. The average molecular weight is 328 g/mol. The van der Waals surface area contributed by atoms with Crippen molar-refractivity contribution in [2.45, 2.75) is 26.3 Å². The predicted molar refractivity (Wildman–Crippen MR) is 78.7 cm³/mol. The Bertz CT molecular complexity index is 472. The number of methoxy groups -OCH3 is 1. The number of benzene rings is 1. The van der Waals surface area contributed by atoms with E-state index in [0.29, 0.717) is 17.9 Å². The lowest BCUT2D eigenvalue weighted by molar-refractivity contribution is -0.142. The van der Waals surface area contributed by atoms with Crippen molar-refractivity contribution in [1.29, 1.82) is 0 Å². The Morgan fingerprint density at radius 2 is 2.21 bits per heavy atom. The summed E-state index contributed by atoms with van der Waals surface area (Å²) in [5, 5.41) is 9.70. The fraction of sp³-hybridized carbons (Fsp3) is 0.429. The number of halogens is 1. The van der Waals surface area contributed by atoms with Crippen molar-refractivity contribution >= 4 is 28.1 Å². The van der Waals surface area contributed by atoms with Gasteiger partial charge in [0.2, 0.25) is 0 Å². The maximum absolute atomic E-state index is 11.6. The van der Waals surface area contributed by atoms with Crippen LogP contribution in [0.15, 0.2) is 27.7 Å². The Morgan fingerprint density at radius 3 is 2.79 bits per heavy atom. The molecule has 1 aromatic rings. The molecule has 0 aliphatic heterocycles. The van der Waals surface area contributed by atoms with Crippen LogP contribution in [0.4, 0.5) is 0 Å². The molecule has 0 saturated carbocycles. The highest BCUT2D eigenvalue weighted by atomic mass is 79.9. The van der Waals surface area contributed by atoms with Crippen molar-refractivity contribution in [2.75, 3.05) is 7.11 Å². The number of aliphatic imine (C=N–C) groups is 1. The van der Waals surface area contributed by atoms with E-state index in [4.69, 9.17) is 4.74 Å². The number of phenols is 1. The monoisotopic (exact) mass is 327 g/mol. The largest absolute Gasteiger partial charge is 0.507 e. The van der Waals surface area contributed by atoms with Gasteiger partial charge < -0.3 is 9.84 Å². The molecule has 5 heteroatoms. The first-order valence-corrected chi connectivity index (χ1v) is 6.83. The van der Waals surface area contributed by atoms with Crippen LogP contribution >= 0.6 is 15.9 Å². The fourth-order valence-corrected chi connectivity index (χ4v) is 1.98. The van der Waals surface area contributed by atoms with Crippen molar-refractivity contribution in [1.82, 2.24) is 0 Å². The Morgan fingerprint density at radius 1 is 1.53 bits per heavy atom. The molecule has 1 atom stereocenters. The second-order valence-corrected chi connectivity index (χ2v) is 5.57. The number of ether oxygens (including phenoxy) is 1. The lowest BCUT2D eigenvalue weighted by atomic mass is 10.0. The van der Waals surface area contributed by atoms with Crippen molar-refractivity contribution in [3.8, 4) is 5.75 Å². The summed E-state index contributed by atoms with van der Waals surface area (Å²) in [6.45, 7) is 4.03. The zero-order chi connectivity index (χ0) is 14.4. The van der Waals surface area contributed by atoms with E-state index in [0.717, 1.165) is 4.47 Å². The first-order chi connectivity index (χ1) is 8.93. The van der Waals surface area contributed by atoms with Crippen molar-refractivity contribution < 1.29 is 14.6 Å². The van der Waals surface area contributed by atoms with Gasteiger partial charge in [0.1, 0.15) is 11.8 Å². The molecule has 0 radical (unpaired) electrons. The van der Waals surface area contributed by atoms with E-state index in [2.05, 4.69) is 20.9 Å². The molecular formula is C14H18BrNO3. The molecular weight excluding hydrogens is 310 g/mol. The maximum atomic E-state index is 11.6. The highest BCUT2D eigenvalue weighted by Crippen LogP contribution is 2.20. The number of rotatable bonds is 5. The first kappa shape index (κ1) is 15.7. The molecule has 1 N–H and O–H groups in total. The van der Waals surface area contributed by atoms with E-state index in [9.17, 15) is 9.90 Å². The topological polar surface area (TPSA) is 58.9 Å². The Balaban J connectivity index is 2.91. The van der Waals surface area contributed by atoms with Gasteiger partial charge in [0.05, 0.1) is 7.11 Å². The third-order valence-electron chi connectivity index (χ3n) is 2.55.